The summed E-state index contributed by atoms with van der Waals surface area (Å²) in [6.07, 6.45) is 0.929. The van der Waals surface area contributed by atoms with Gasteiger partial charge in [0.1, 0.15) is 5.82 Å². The van der Waals surface area contributed by atoms with Crippen LogP contribution >= 0.6 is 0 Å². The van der Waals surface area contributed by atoms with Crippen LogP contribution in [0, 0.1) is 11.7 Å². The highest BCUT2D eigenvalue weighted by molar-refractivity contribution is 5.85. The summed E-state index contributed by atoms with van der Waals surface area (Å²) < 4.78 is 21.2. The summed E-state index contributed by atoms with van der Waals surface area (Å²) >= 11 is 0. The zero-order valence-corrected chi connectivity index (χ0v) is 20.5. The zero-order chi connectivity index (χ0) is 24.9. The molecule has 190 valence electrons. The van der Waals surface area contributed by atoms with Gasteiger partial charge in [0.2, 0.25) is 0 Å². The van der Waals surface area contributed by atoms with Crippen molar-refractivity contribution in [1.29, 1.82) is 0 Å². The molecule has 1 saturated heterocycles. The summed E-state index contributed by atoms with van der Waals surface area (Å²) in [5.74, 6) is -0.591. The lowest BCUT2D eigenvalue weighted by atomic mass is 9.90. The van der Waals surface area contributed by atoms with Crippen LogP contribution in [-0.2, 0) is 21.5 Å². The number of hydrogen-bond acceptors (Lipinski definition) is 7. The standard InChI is InChI=1S/C25H39FN4O4/c1-4-34-24(33)17-5-8-29(9-6-17)10-7-28-14-19(32)15-30-22-13-20(26)21(27)11-18(22)12-23(30)25(2,3)16-31/h11-13,17,19,28,31-32H,4-10,14-16,27H2,1-3H3/t19-/m0/s1. The second-order valence-electron chi connectivity index (χ2n) is 9.84. The number of benzene rings is 1. The van der Waals surface area contributed by atoms with Gasteiger partial charge in [0.05, 0.1) is 43.0 Å². The second kappa shape index (κ2) is 11.5. The van der Waals surface area contributed by atoms with E-state index in [9.17, 15) is 19.4 Å². The predicted molar refractivity (Wildman–Crippen MR) is 131 cm³/mol. The third-order valence-corrected chi connectivity index (χ3v) is 6.69. The van der Waals surface area contributed by atoms with E-state index in [1.54, 1.807) is 6.07 Å². The van der Waals surface area contributed by atoms with Crippen LogP contribution in [0.25, 0.3) is 10.9 Å². The lowest BCUT2D eigenvalue weighted by molar-refractivity contribution is -0.149. The number of esters is 1. The molecule has 34 heavy (non-hydrogen) atoms. The van der Waals surface area contributed by atoms with E-state index >= 15 is 0 Å². The average Bonchev–Trinajstić information content (AvgIpc) is 3.15. The van der Waals surface area contributed by atoms with Crippen LogP contribution in [0.1, 0.15) is 39.3 Å². The van der Waals surface area contributed by atoms with Crippen LogP contribution in [0.15, 0.2) is 18.2 Å². The Morgan fingerprint density at radius 2 is 2.03 bits per heavy atom. The SMILES string of the molecule is CCOC(=O)C1CCN(CCNC[C@H](O)Cn2c(C(C)(C)CO)cc3cc(N)c(F)cc32)CC1. The number of nitrogens with two attached hydrogens (primary N) is 1. The highest BCUT2D eigenvalue weighted by Gasteiger charge is 2.27. The van der Waals surface area contributed by atoms with E-state index in [2.05, 4.69) is 10.2 Å². The molecule has 0 unspecified atom stereocenters. The first-order chi connectivity index (χ1) is 16.2. The van der Waals surface area contributed by atoms with E-state index in [4.69, 9.17) is 10.5 Å². The van der Waals surface area contributed by atoms with Gasteiger partial charge in [0.15, 0.2) is 0 Å². The molecular formula is C25H39FN4O4. The second-order valence-corrected chi connectivity index (χ2v) is 9.84. The lowest BCUT2D eigenvalue weighted by Gasteiger charge is -2.31. The Bertz CT molecular complexity index is 969. The van der Waals surface area contributed by atoms with E-state index < -0.39 is 17.3 Å². The predicted octanol–water partition coefficient (Wildman–Crippen LogP) is 1.86. The number of carbonyl (C=O) groups excluding carboxylic acids is 1. The molecule has 0 saturated carbocycles. The first-order valence-electron chi connectivity index (χ1n) is 12.1. The molecule has 5 N–H and O–H groups in total. The molecule has 0 radical (unpaired) electrons. The molecule has 0 bridgehead atoms. The van der Waals surface area contributed by atoms with Crippen LogP contribution in [0.4, 0.5) is 10.1 Å². The maximum Gasteiger partial charge on any atom is 0.309 e. The van der Waals surface area contributed by atoms with Gasteiger partial charge in [-0.1, -0.05) is 13.8 Å². The molecule has 2 aromatic rings. The molecule has 8 nitrogen and oxygen atoms in total. The van der Waals surface area contributed by atoms with Gasteiger partial charge in [-0.2, -0.15) is 0 Å². The van der Waals surface area contributed by atoms with Crippen molar-refractivity contribution in [3.63, 3.8) is 0 Å². The van der Waals surface area contributed by atoms with Gasteiger partial charge in [-0.3, -0.25) is 4.79 Å². The molecule has 9 heteroatoms. The first kappa shape index (κ1) is 26.4. The fourth-order valence-corrected chi connectivity index (χ4v) is 4.57. The number of nitrogen functional groups attached to an aromatic ring is 1. The highest BCUT2D eigenvalue weighted by Crippen LogP contribution is 2.32. The van der Waals surface area contributed by atoms with Gasteiger partial charge in [-0.25, -0.2) is 4.39 Å². The lowest BCUT2D eigenvalue weighted by Crippen LogP contribution is -2.41. The van der Waals surface area contributed by atoms with Gasteiger partial charge >= 0.3 is 5.97 Å². The van der Waals surface area contributed by atoms with Crippen molar-refractivity contribution < 1.29 is 24.1 Å². The van der Waals surface area contributed by atoms with Crippen LogP contribution < -0.4 is 11.1 Å². The Morgan fingerprint density at radius 3 is 2.68 bits per heavy atom. The fourth-order valence-electron chi connectivity index (χ4n) is 4.57. The average molecular weight is 479 g/mol. The largest absolute Gasteiger partial charge is 0.466 e. The molecule has 2 heterocycles. The number of carbonyl (C=O) groups is 1. The molecule has 0 aliphatic carbocycles. The Balaban J connectivity index is 1.54. The molecule has 1 aliphatic heterocycles. The minimum absolute atomic E-state index is 0.0000658. The van der Waals surface area contributed by atoms with Gasteiger partial charge in [-0.05, 0) is 45.0 Å². The summed E-state index contributed by atoms with van der Waals surface area (Å²) in [5, 5.41) is 24.7. The highest BCUT2D eigenvalue weighted by atomic mass is 19.1. The maximum absolute atomic E-state index is 14.2. The quantitative estimate of drug-likeness (QED) is 0.222. The molecule has 0 amide bonds. The number of nitrogens with one attached hydrogen (secondary N) is 1. The molecule has 0 spiro atoms. The number of aromatic nitrogens is 1. The number of hydrogen-bond donors (Lipinski definition) is 4. The van der Waals surface area contributed by atoms with Crippen molar-refractivity contribution in [3.05, 3.63) is 29.7 Å². The summed E-state index contributed by atoms with van der Waals surface area (Å²) in [4.78, 5) is 14.2. The van der Waals surface area contributed by atoms with Crippen LogP contribution in [-0.4, -0.2) is 77.7 Å². The van der Waals surface area contributed by atoms with Crippen molar-refractivity contribution in [2.45, 2.75) is 51.7 Å². The molecule has 1 aromatic heterocycles. The number of piperidine rings is 1. The third-order valence-electron chi connectivity index (χ3n) is 6.69. The summed E-state index contributed by atoms with van der Waals surface area (Å²) in [6, 6.07) is 4.89. The monoisotopic (exact) mass is 478 g/mol. The van der Waals surface area contributed by atoms with E-state index in [1.165, 1.54) is 6.07 Å². The number of halogens is 1. The van der Waals surface area contributed by atoms with Crippen LogP contribution in [0.2, 0.25) is 0 Å². The molecule has 1 atom stereocenters. The van der Waals surface area contributed by atoms with Crippen molar-refractivity contribution >= 4 is 22.6 Å². The van der Waals surface area contributed by atoms with Crippen LogP contribution in [0.3, 0.4) is 0 Å². The molecule has 1 fully saturated rings. The Kier molecular flexibility index (Phi) is 8.92. The van der Waals surface area contributed by atoms with E-state index in [0.29, 0.717) is 25.2 Å². The van der Waals surface area contributed by atoms with Gasteiger partial charge in [0, 0.05) is 42.2 Å². The van der Waals surface area contributed by atoms with Gasteiger partial charge in [0.25, 0.3) is 0 Å². The van der Waals surface area contributed by atoms with E-state index in [0.717, 1.165) is 43.6 Å². The van der Waals surface area contributed by atoms with Gasteiger partial charge < -0.3 is 35.5 Å². The topological polar surface area (TPSA) is 113 Å². The number of aliphatic hydroxyl groups excluding tert-OH is 2. The Hall–Kier alpha value is -2.20. The summed E-state index contributed by atoms with van der Waals surface area (Å²) in [5.41, 5.74) is 6.72. The number of aliphatic hydroxyl groups is 2. The normalized spacial score (nSPS) is 16.8. The smallest absolute Gasteiger partial charge is 0.309 e. The maximum atomic E-state index is 14.2. The van der Waals surface area contributed by atoms with E-state index in [1.807, 2.05) is 31.4 Å². The number of anilines is 1. The molecule has 1 aromatic carbocycles. The third kappa shape index (κ3) is 6.27. The molecule has 3 rings (SSSR count). The van der Waals surface area contributed by atoms with Crippen LogP contribution in [0.5, 0.6) is 0 Å². The summed E-state index contributed by atoms with van der Waals surface area (Å²) in [6.45, 7) is 9.91. The van der Waals surface area contributed by atoms with Crippen molar-refractivity contribution in [3.8, 4) is 0 Å². The fraction of sp³-hybridized carbons (Fsp3) is 0.640. The first-order valence-corrected chi connectivity index (χ1v) is 12.1. The van der Waals surface area contributed by atoms with Crippen molar-refractivity contribution in [1.82, 2.24) is 14.8 Å². The van der Waals surface area contributed by atoms with Crippen molar-refractivity contribution in [2.75, 3.05) is 51.7 Å². The Labute approximate surface area is 200 Å². The summed E-state index contributed by atoms with van der Waals surface area (Å²) in [7, 11) is 0. The number of ether oxygens (including phenoxy) is 1. The molecular weight excluding hydrogens is 439 g/mol. The number of likely N-dealkylation sites (tertiary alicyclic amines) is 1. The van der Waals surface area contributed by atoms with E-state index in [-0.39, 0.29) is 30.7 Å². The number of nitrogens with zero attached hydrogens (tertiary/aromatic N) is 2. The number of rotatable bonds is 11. The minimum atomic E-state index is -0.695. The minimum Gasteiger partial charge on any atom is -0.466 e. The number of fused-ring (bicyclic) bond motifs is 1. The van der Waals surface area contributed by atoms with Crippen molar-refractivity contribution in [2.24, 2.45) is 5.92 Å². The zero-order valence-electron chi connectivity index (χ0n) is 20.5. The van der Waals surface area contributed by atoms with Gasteiger partial charge in [-0.15, -0.1) is 0 Å². The Morgan fingerprint density at radius 1 is 1.32 bits per heavy atom. The molecule has 1 aliphatic rings.